The number of nitrogens with zero attached hydrogens (tertiary/aromatic N) is 3. The number of piperidine rings is 1. The van der Waals surface area contributed by atoms with Gasteiger partial charge in [-0.25, -0.2) is 9.78 Å². The average molecular weight is 383 g/mol. The summed E-state index contributed by atoms with van der Waals surface area (Å²) in [6.07, 6.45) is 1.66. The molecule has 2 aromatic rings. The van der Waals surface area contributed by atoms with Crippen LogP contribution in [0.5, 0.6) is 5.75 Å². The van der Waals surface area contributed by atoms with Gasteiger partial charge in [0, 0.05) is 20.1 Å². The van der Waals surface area contributed by atoms with E-state index in [1.54, 1.807) is 14.0 Å². The molecule has 3 rings (SSSR count). The molecular formula is C21H25N3O4. The largest absolute Gasteiger partial charge is 0.481 e. The molecule has 0 saturated carbocycles. The zero-order valence-corrected chi connectivity index (χ0v) is 16.3. The molecule has 1 fully saturated rings. The Kier molecular flexibility index (Phi) is 6.13. The quantitative estimate of drug-likeness (QED) is 0.564. The molecule has 0 aliphatic carbocycles. The average Bonchev–Trinajstić information content (AvgIpc) is 2.71. The molecule has 1 aliphatic rings. The maximum atomic E-state index is 13.0. The third kappa shape index (κ3) is 4.24. The van der Waals surface area contributed by atoms with E-state index in [4.69, 9.17) is 9.47 Å². The monoisotopic (exact) mass is 383 g/mol. The zero-order chi connectivity index (χ0) is 20.1. The van der Waals surface area contributed by atoms with Gasteiger partial charge in [0.1, 0.15) is 6.61 Å². The molecule has 0 bridgehead atoms. The topological polar surface area (TPSA) is 73.7 Å². The van der Waals surface area contributed by atoms with Crippen molar-refractivity contribution in [2.75, 3.05) is 24.6 Å². The van der Waals surface area contributed by atoms with Gasteiger partial charge in [-0.1, -0.05) is 42.5 Å². The standard InChI is InChI=1S/C21H25N3O4/c1-4-27-20(26)17-18(28-14-16-8-6-5-7-9-16)19(25)23(3)21(22-17)24-12-10-15(2)11-13-24/h5-9H,2,4,10-14H2,1,3H3. The maximum Gasteiger partial charge on any atom is 0.361 e. The highest BCUT2D eigenvalue weighted by molar-refractivity contribution is 5.90. The van der Waals surface area contributed by atoms with Gasteiger partial charge in [-0.05, 0) is 25.3 Å². The van der Waals surface area contributed by atoms with Gasteiger partial charge in [-0.3, -0.25) is 9.36 Å². The van der Waals surface area contributed by atoms with E-state index in [0.717, 1.165) is 18.4 Å². The summed E-state index contributed by atoms with van der Waals surface area (Å²) in [6.45, 7) is 7.47. The third-order valence-electron chi connectivity index (χ3n) is 4.67. The lowest BCUT2D eigenvalue weighted by molar-refractivity contribution is 0.0513. The van der Waals surface area contributed by atoms with E-state index in [-0.39, 0.29) is 24.7 Å². The highest BCUT2D eigenvalue weighted by atomic mass is 16.5. The molecule has 1 aliphatic heterocycles. The van der Waals surface area contributed by atoms with Crippen molar-refractivity contribution in [3.05, 3.63) is 64.1 Å². The first-order valence-electron chi connectivity index (χ1n) is 9.37. The molecule has 2 heterocycles. The van der Waals surface area contributed by atoms with Crippen LogP contribution in [-0.2, 0) is 18.4 Å². The van der Waals surface area contributed by atoms with Crippen LogP contribution in [0.2, 0.25) is 0 Å². The third-order valence-corrected chi connectivity index (χ3v) is 4.67. The molecule has 148 valence electrons. The van der Waals surface area contributed by atoms with Crippen LogP contribution >= 0.6 is 0 Å². The van der Waals surface area contributed by atoms with Gasteiger partial charge in [0.2, 0.25) is 11.7 Å². The Morgan fingerprint density at radius 2 is 1.89 bits per heavy atom. The van der Waals surface area contributed by atoms with Crippen molar-refractivity contribution in [1.29, 1.82) is 0 Å². The highest BCUT2D eigenvalue weighted by Gasteiger charge is 2.26. The van der Waals surface area contributed by atoms with Gasteiger partial charge in [-0.2, -0.15) is 0 Å². The van der Waals surface area contributed by atoms with Crippen LogP contribution in [-0.4, -0.2) is 35.2 Å². The van der Waals surface area contributed by atoms with E-state index in [1.165, 1.54) is 10.1 Å². The second-order valence-corrected chi connectivity index (χ2v) is 6.69. The van der Waals surface area contributed by atoms with Gasteiger partial charge in [0.25, 0.3) is 5.56 Å². The number of anilines is 1. The number of hydrogen-bond acceptors (Lipinski definition) is 6. The molecule has 0 amide bonds. The minimum atomic E-state index is -0.661. The molecule has 7 nitrogen and oxygen atoms in total. The Morgan fingerprint density at radius 3 is 2.54 bits per heavy atom. The predicted octanol–water partition coefficient (Wildman–Crippen LogP) is 2.69. The summed E-state index contributed by atoms with van der Waals surface area (Å²) in [6, 6.07) is 9.44. The first kappa shape index (κ1) is 19.7. The first-order chi connectivity index (χ1) is 13.5. The minimum absolute atomic E-state index is 0.0831. The van der Waals surface area contributed by atoms with Crippen LogP contribution in [0.3, 0.4) is 0 Å². The Hall–Kier alpha value is -3.09. The fraction of sp³-hybridized carbons (Fsp3) is 0.381. The molecule has 0 radical (unpaired) electrons. The van der Waals surface area contributed by atoms with E-state index < -0.39 is 11.5 Å². The lowest BCUT2D eigenvalue weighted by Crippen LogP contribution is -2.37. The van der Waals surface area contributed by atoms with Crippen LogP contribution < -0.4 is 15.2 Å². The Balaban J connectivity index is 1.97. The van der Waals surface area contributed by atoms with Crippen molar-refractivity contribution in [2.24, 2.45) is 7.05 Å². The fourth-order valence-corrected chi connectivity index (χ4v) is 3.07. The number of hydrogen-bond donors (Lipinski definition) is 0. The van der Waals surface area contributed by atoms with Gasteiger partial charge in [-0.15, -0.1) is 0 Å². The fourth-order valence-electron chi connectivity index (χ4n) is 3.07. The molecule has 0 spiro atoms. The Morgan fingerprint density at radius 1 is 1.21 bits per heavy atom. The van der Waals surface area contributed by atoms with Crippen LogP contribution in [0, 0.1) is 0 Å². The number of rotatable bonds is 6. The van der Waals surface area contributed by atoms with Crippen molar-refractivity contribution >= 4 is 11.9 Å². The molecule has 28 heavy (non-hydrogen) atoms. The number of carbonyl (C=O) groups excluding carboxylic acids is 1. The lowest BCUT2D eigenvalue weighted by Gasteiger charge is -2.30. The highest BCUT2D eigenvalue weighted by Crippen LogP contribution is 2.23. The summed E-state index contributed by atoms with van der Waals surface area (Å²) in [5.41, 5.74) is 1.57. The van der Waals surface area contributed by atoms with Crippen LogP contribution in [0.1, 0.15) is 35.8 Å². The van der Waals surface area contributed by atoms with Crippen LogP contribution in [0.15, 0.2) is 47.3 Å². The number of ether oxygens (including phenoxy) is 2. The molecule has 0 atom stereocenters. The van der Waals surface area contributed by atoms with Crippen LogP contribution in [0.4, 0.5) is 5.95 Å². The maximum absolute atomic E-state index is 13.0. The van der Waals surface area contributed by atoms with Gasteiger partial charge < -0.3 is 14.4 Å². The smallest absolute Gasteiger partial charge is 0.361 e. The van der Waals surface area contributed by atoms with Crippen molar-refractivity contribution < 1.29 is 14.3 Å². The summed E-state index contributed by atoms with van der Waals surface area (Å²) in [5, 5.41) is 0. The van der Waals surface area contributed by atoms with Crippen molar-refractivity contribution in [2.45, 2.75) is 26.4 Å². The zero-order valence-electron chi connectivity index (χ0n) is 16.3. The minimum Gasteiger partial charge on any atom is -0.481 e. The summed E-state index contributed by atoms with van der Waals surface area (Å²) >= 11 is 0. The Bertz CT molecular complexity index is 911. The molecule has 1 saturated heterocycles. The van der Waals surface area contributed by atoms with E-state index in [9.17, 15) is 9.59 Å². The Labute approximate surface area is 164 Å². The van der Waals surface area contributed by atoms with E-state index in [1.807, 2.05) is 35.2 Å². The molecule has 1 aromatic carbocycles. The van der Waals surface area contributed by atoms with Gasteiger partial charge >= 0.3 is 5.97 Å². The van der Waals surface area contributed by atoms with E-state index in [0.29, 0.717) is 19.0 Å². The number of carbonyl (C=O) groups is 1. The molecule has 1 aromatic heterocycles. The van der Waals surface area contributed by atoms with Crippen molar-refractivity contribution in [3.63, 3.8) is 0 Å². The summed E-state index contributed by atoms with van der Waals surface area (Å²) < 4.78 is 12.3. The van der Waals surface area contributed by atoms with Gasteiger partial charge in [0.05, 0.1) is 6.61 Å². The van der Waals surface area contributed by atoms with Crippen LogP contribution in [0.25, 0.3) is 0 Å². The normalized spacial score (nSPS) is 14.1. The first-order valence-corrected chi connectivity index (χ1v) is 9.37. The summed E-state index contributed by atoms with van der Waals surface area (Å²) in [5.74, 6) is -0.312. The number of aromatic nitrogens is 2. The van der Waals surface area contributed by atoms with Gasteiger partial charge in [0.15, 0.2) is 5.69 Å². The summed E-state index contributed by atoms with van der Waals surface area (Å²) in [7, 11) is 1.64. The SMILES string of the molecule is C=C1CCN(c2nc(C(=O)OCC)c(OCc3ccccc3)c(=O)n2C)CC1. The number of esters is 1. The molecule has 7 heteroatoms. The summed E-state index contributed by atoms with van der Waals surface area (Å²) in [4.78, 5) is 31.9. The molecule has 0 N–H and O–H groups in total. The lowest BCUT2D eigenvalue weighted by atomic mass is 10.1. The number of benzene rings is 1. The second-order valence-electron chi connectivity index (χ2n) is 6.69. The van der Waals surface area contributed by atoms with E-state index >= 15 is 0 Å². The predicted molar refractivity (Wildman–Crippen MR) is 107 cm³/mol. The second kappa shape index (κ2) is 8.73. The van der Waals surface area contributed by atoms with Crippen molar-refractivity contribution in [1.82, 2.24) is 9.55 Å². The van der Waals surface area contributed by atoms with Crippen molar-refractivity contribution in [3.8, 4) is 5.75 Å². The van der Waals surface area contributed by atoms with E-state index in [2.05, 4.69) is 11.6 Å². The molecule has 0 unspecified atom stereocenters. The molecular weight excluding hydrogens is 358 g/mol.